The Morgan fingerprint density at radius 1 is 0.675 bits per heavy atom. The van der Waals surface area contributed by atoms with Crippen LogP contribution in [0.25, 0.3) is 10.9 Å². The maximum atomic E-state index is 13.9. The first kappa shape index (κ1) is 26.9. The predicted molar refractivity (Wildman–Crippen MR) is 151 cm³/mol. The number of carboxylic acid groups (broad SMARTS) is 2. The van der Waals surface area contributed by atoms with Gasteiger partial charge in [-0.15, -0.1) is 0 Å². The molecule has 202 valence electrons. The molecule has 9 heteroatoms. The first-order chi connectivity index (χ1) is 19.2. The van der Waals surface area contributed by atoms with Crippen molar-refractivity contribution in [1.29, 1.82) is 0 Å². The Morgan fingerprint density at radius 3 is 1.77 bits per heavy atom. The smallest absolute Gasteiger partial charge is 0.352 e. The van der Waals surface area contributed by atoms with Crippen molar-refractivity contribution < 1.29 is 28.2 Å². The number of carbonyl (C=O) groups is 2. The largest absolute Gasteiger partial charge is 0.478 e. The second-order valence-corrected chi connectivity index (χ2v) is 11.3. The van der Waals surface area contributed by atoms with E-state index in [4.69, 9.17) is 5.11 Å². The third-order valence-electron chi connectivity index (χ3n) is 6.67. The molecule has 2 N–H and O–H groups in total. The van der Waals surface area contributed by atoms with Gasteiger partial charge in [-0.05, 0) is 53.1 Å². The average molecular weight is 555 g/mol. The van der Waals surface area contributed by atoms with E-state index in [1.165, 1.54) is 34.6 Å². The highest BCUT2D eigenvalue weighted by Crippen LogP contribution is 2.28. The molecule has 0 saturated carbocycles. The maximum Gasteiger partial charge on any atom is 0.352 e. The number of rotatable bonds is 10. The van der Waals surface area contributed by atoms with Crippen molar-refractivity contribution in [1.82, 2.24) is 8.87 Å². The van der Waals surface area contributed by atoms with Crippen molar-refractivity contribution in [3.05, 3.63) is 137 Å². The SMILES string of the molecule is O=C(O)c1ccc(Cn2c(C(=O)O)cc3cc(S(=O)(=O)N(Cc4ccccc4)Cc4ccccc4)ccc32)cc1. The number of nitrogens with zero attached hydrogens (tertiary/aromatic N) is 2. The molecule has 0 bridgehead atoms. The Bertz CT molecular complexity index is 1740. The van der Waals surface area contributed by atoms with Gasteiger partial charge < -0.3 is 14.8 Å². The lowest BCUT2D eigenvalue weighted by Crippen LogP contribution is -2.30. The fraction of sp³-hybridized carbons (Fsp3) is 0.0968. The van der Waals surface area contributed by atoms with Crippen LogP contribution in [0.4, 0.5) is 0 Å². The van der Waals surface area contributed by atoms with Crippen LogP contribution < -0.4 is 0 Å². The molecule has 0 amide bonds. The molecule has 0 spiro atoms. The molecule has 0 aliphatic rings. The lowest BCUT2D eigenvalue weighted by Gasteiger charge is -2.23. The monoisotopic (exact) mass is 554 g/mol. The normalized spacial score (nSPS) is 11.6. The molecule has 5 rings (SSSR count). The number of aromatic carboxylic acids is 2. The summed E-state index contributed by atoms with van der Waals surface area (Å²) in [4.78, 5) is 23.3. The molecule has 5 aromatic rings. The van der Waals surface area contributed by atoms with E-state index in [0.29, 0.717) is 16.5 Å². The minimum atomic E-state index is -3.96. The van der Waals surface area contributed by atoms with Crippen LogP contribution in [-0.4, -0.2) is 39.4 Å². The van der Waals surface area contributed by atoms with Crippen LogP contribution in [0.1, 0.15) is 37.5 Å². The second-order valence-electron chi connectivity index (χ2n) is 9.39. The molecule has 1 heterocycles. The number of fused-ring (bicyclic) bond motifs is 1. The topological polar surface area (TPSA) is 117 Å². The summed E-state index contributed by atoms with van der Waals surface area (Å²) < 4.78 is 30.9. The molecule has 1 aromatic heterocycles. The molecule has 4 aromatic carbocycles. The van der Waals surface area contributed by atoms with Gasteiger partial charge in [0.25, 0.3) is 0 Å². The van der Waals surface area contributed by atoms with Crippen molar-refractivity contribution >= 4 is 32.9 Å². The Balaban J connectivity index is 1.53. The molecule has 0 saturated heterocycles. The van der Waals surface area contributed by atoms with Crippen LogP contribution >= 0.6 is 0 Å². The molecule has 0 atom stereocenters. The van der Waals surface area contributed by atoms with Crippen LogP contribution in [0.15, 0.2) is 114 Å². The molecular weight excluding hydrogens is 528 g/mol. The molecule has 0 unspecified atom stereocenters. The van der Waals surface area contributed by atoms with Crippen LogP contribution in [0, 0.1) is 0 Å². The van der Waals surface area contributed by atoms with Crippen molar-refractivity contribution in [2.45, 2.75) is 24.5 Å². The van der Waals surface area contributed by atoms with Crippen molar-refractivity contribution in [2.24, 2.45) is 0 Å². The number of benzene rings is 4. The first-order valence-corrected chi connectivity index (χ1v) is 13.9. The zero-order chi connectivity index (χ0) is 28.3. The minimum Gasteiger partial charge on any atom is -0.478 e. The zero-order valence-electron chi connectivity index (χ0n) is 21.3. The summed E-state index contributed by atoms with van der Waals surface area (Å²) in [6, 6.07) is 30.9. The van der Waals surface area contributed by atoms with Crippen molar-refractivity contribution in [3.63, 3.8) is 0 Å². The Kier molecular flexibility index (Phi) is 7.50. The van der Waals surface area contributed by atoms with Crippen LogP contribution in [0.2, 0.25) is 0 Å². The predicted octanol–water partition coefficient (Wildman–Crippen LogP) is 5.48. The van der Waals surface area contributed by atoms with E-state index in [1.54, 1.807) is 22.8 Å². The lowest BCUT2D eigenvalue weighted by molar-refractivity contribution is 0.0680. The van der Waals surface area contributed by atoms with Crippen LogP contribution in [0.5, 0.6) is 0 Å². The molecule has 0 fully saturated rings. The van der Waals surface area contributed by atoms with Gasteiger partial charge in [0.2, 0.25) is 10.0 Å². The number of sulfonamides is 1. The Hall–Kier alpha value is -4.73. The summed E-state index contributed by atoms with van der Waals surface area (Å²) in [6.45, 7) is 0.513. The van der Waals surface area contributed by atoms with E-state index in [-0.39, 0.29) is 35.8 Å². The van der Waals surface area contributed by atoms with Gasteiger partial charge in [-0.2, -0.15) is 4.31 Å². The Labute approximate surface area is 231 Å². The third kappa shape index (κ3) is 5.66. The van der Waals surface area contributed by atoms with E-state index < -0.39 is 22.0 Å². The highest BCUT2D eigenvalue weighted by atomic mass is 32.2. The van der Waals surface area contributed by atoms with Crippen molar-refractivity contribution in [2.75, 3.05) is 0 Å². The van der Waals surface area contributed by atoms with E-state index in [2.05, 4.69) is 0 Å². The molecule has 0 aliphatic carbocycles. The second kappa shape index (κ2) is 11.2. The van der Waals surface area contributed by atoms with E-state index in [1.807, 2.05) is 60.7 Å². The van der Waals surface area contributed by atoms with Crippen LogP contribution in [-0.2, 0) is 29.7 Å². The van der Waals surface area contributed by atoms with Gasteiger partial charge in [-0.25, -0.2) is 18.0 Å². The maximum absolute atomic E-state index is 13.9. The molecule has 8 nitrogen and oxygen atoms in total. The van der Waals surface area contributed by atoms with Gasteiger partial charge in [-0.1, -0.05) is 72.8 Å². The summed E-state index contributed by atoms with van der Waals surface area (Å²) in [5.41, 5.74) is 3.07. The number of hydrogen-bond acceptors (Lipinski definition) is 4. The summed E-state index contributed by atoms with van der Waals surface area (Å²) in [5, 5.41) is 19.5. The first-order valence-electron chi connectivity index (χ1n) is 12.5. The summed E-state index contributed by atoms with van der Waals surface area (Å²) in [6.07, 6.45) is 0. The van der Waals surface area contributed by atoms with Crippen LogP contribution in [0.3, 0.4) is 0 Å². The molecule has 0 aliphatic heterocycles. The van der Waals surface area contributed by atoms with Gasteiger partial charge >= 0.3 is 11.9 Å². The minimum absolute atomic E-state index is 0.00251. The average Bonchev–Trinajstić information content (AvgIpc) is 3.32. The molecular formula is C31H26N2O6S. The highest BCUT2D eigenvalue weighted by Gasteiger charge is 2.26. The van der Waals surface area contributed by atoms with Crippen molar-refractivity contribution in [3.8, 4) is 0 Å². The Morgan fingerprint density at radius 2 is 1.25 bits per heavy atom. The van der Waals surface area contributed by atoms with E-state index in [9.17, 15) is 23.1 Å². The quantitative estimate of drug-likeness (QED) is 0.236. The number of hydrogen-bond donors (Lipinski definition) is 2. The fourth-order valence-electron chi connectivity index (χ4n) is 4.64. The van der Waals surface area contributed by atoms with Gasteiger partial charge in [0, 0.05) is 30.5 Å². The summed E-state index contributed by atoms with van der Waals surface area (Å²) in [7, 11) is -3.96. The van der Waals surface area contributed by atoms with Gasteiger partial charge in [0.05, 0.1) is 10.5 Å². The molecule has 40 heavy (non-hydrogen) atoms. The lowest BCUT2D eigenvalue weighted by atomic mass is 10.1. The van der Waals surface area contributed by atoms with Gasteiger partial charge in [-0.3, -0.25) is 0 Å². The fourth-order valence-corrected chi connectivity index (χ4v) is 6.09. The summed E-state index contributed by atoms with van der Waals surface area (Å²) in [5.74, 6) is -2.20. The zero-order valence-corrected chi connectivity index (χ0v) is 22.2. The van der Waals surface area contributed by atoms with E-state index >= 15 is 0 Å². The number of aromatic nitrogens is 1. The van der Waals surface area contributed by atoms with E-state index in [0.717, 1.165) is 11.1 Å². The highest BCUT2D eigenvalue weighted by molar-refractivity contribution is 7.89. The molecule has 0 radical (unpaired) electrons. The van der Waals surface area contributed by atoms with Gasteiger partial charge in [0.15, 0.2) is 0 Å². The van der Waals surface area contributed by atoms with Gasteiger partial charge in [0.1, 0.15) is 5.69 Å². The summed E-state index contributed by atoms with van der Waals surface area (Å²) >= 11 is 0. The third-order valence-corrected chi connectivity index (χ3v) is 8.46. The number of carboxylic acids is 2. The standard InChI is InChI=1S/C31H26N2O6S/c34-30(35)25-13-11-24(12-14-25)21-33-28-16-15-27(17-26(28)18-29(33)31(36)37)40(38,39)32(19-22-7-3-1-4-8-22)20-23-9-5-2-6-10-23/h1-18H,19-21H2,(H,34,35)(H,36,37).